The van der Waals surface area contributed by atoms with Crippen LogP contribution in [0.3, 0.4) is 0 Å². The van der Waals surface area contributed by atoms with Gasteiger partial charge in [-0.1, -0.05) is 31.4 Å². The fourth-order valence-corrected chi connectivity index (χ4v) is 5.54. The first kappa shape index (κ1) is 20.4. The van der Waals surface area contributed by atoms with E-state index in [4.69, 9.17) is 0 Å². The fraction of sp³-hybridized carbons (Fsp3) is 0.583. The Kier molecular flexibility index (Phi) is 5.85. The van der Waals surface area contributed by atoms with E-state index in [1.807, 2.05) is 13.0 Å². The van der Waals surface area contributed by atoms with Crippen LogP contribution < -0.4 is 10.5 Å². The fourth-order valence-electron chi connectivity index (χ4n) is 5.54. The highest BCUT2D eigenvalue weighted by Gasteiger charge is 2.36. The molecule has 1 saturated heterocycles. The molecule has 2 fully saturated rings. The van der Waals surface area contributed by atoms with Crippen molar-refractivity contribution in [2.75, 3.05) is 13.1 Å². The summed E-state index contributed by atoms with van der Waals surface area (Å²) in [6.07, 6.45) is 10.9. The number of nitrogens with zero attached hydrogens (tertiary/aromatic N) is 4. The van der Waals surface area contributed by atoms with E-state index in [-0.39, 0.29) is 11.6 Å². The summed E-state index contributed by atoms with van der Waals surface area (Å²) in [5.41, 5.74) is 2.82. The van der Waals surface area contributed by atoms with Crippen molar-refractivity contribution in [3.63, 3.8) is 0 Å². The Hall–Kier alpha value is -2.54. The average Bonchev–Trinajstić information content (AvgIpc) is 3.10. The quantitative estimate of drug-likeness (QED) is 0.679. The van der Waals surface area contributed by atoms with Crippen LogP contribution in [0, 0.1) is 6.92 Å². The van der Waals surface area contributed by atoms with Gasteiger partial charge in [0.2, 0.25) is 5.82 Å². The molecule has 0 spiro atoms. The number of aromatic amines is 1. The molecular weight excluding hydrogens is 388 g/mol. The van der Waals surface area contributed by atoms with E-state index in [0.717, 1.165) is 53.8 Å². The largest absolute Gasteiger partial charge is 0.322 e. The maximum Gasteiger partial charge on any atom is 0.258 e. The maximum absolute atomic E-state index is 13.4. The minimum atomic E-state index is -0.135. The molecule has 3 aromatic rings. The summed E-state index contributed by atoms with van der Waals surface area (Å²) in [5.74, 6) is 0.862. The van der Waals surface area contributed by atoms with Crippen molar-refractivity contribution < 1.29 is 4.90 Å². The van der Waals surface area contributed by atoms with Crippen molar-refractivity contribution in [1.82, 2.24) is 25.2 Å². The van der Waals surface area contributed by atoms with E-state index >= 15 is 0 Å². The molecule has 2 aliphatic rings. The van der Waals surface area contributed by atoms with Gasteiger partial charge in [-0.3, -0.25) is 4.79 Å². The van der Waals surface area contributed by atoms with Gasteiger partial charge in [0, 0.05) is 5.52 Å². The molecule has 0 radical (unpaired) electrons. The molecule has 3 heterocycles. The minimum Gasteiger partial charge on any atom is -0.322 e. The van der Waals surface area contributed by atoms with Gasteiger partial charge >= 0.3 is 0 Å². The molecule has 5 rings (SSSR count). The summed E-state index contributed by atoms with van der Waals surface area (Å²) in [6.45, 7) is 4.15. The topological polar surface area (TPSA) is 80.9 Å². The van der Waals surface area contributed by atoms with Crippen molar-refractivity contribution in [3.05, 3.63) is 51.6 Å². The standard InChI is InChI=1S/C24H32N6O/c1-17-11-12-18-16-20(24(31)25-21(18)15-17)22(29-13-7-2-3-8-14-29)23-26-27-28-30(23)19-9-5-4-6-10-19/h11-12,15-16,19,22H,2-10,13-14H2,1H3,(H,25,31)/p+1/t22-/m1/s1. The molecule has 7 nitrogen and oxygen atoms in total. The monoisotopic (exact) mass is 421 g/mol. The Bertz CT molecular complexity index is 1090. The maximum atomic E-state index is 13.4. The first-order valence-electron chi connectivity index (χ1n) is 12.0. The number of nitrogens with one attached hydrogen (secondary N) is 2. The molecule has 7 heteroatoms. The molecule has 164 valence electrons. The first-order chi connectivity index (χ1) is 15.2. The first-order valence-corrected chi connectivity index (χ1v) is 12.0. The second-order valence-electron chi connectivity index (χ2n) is 9.42. The van der Waals surface area contributed by atoms with E-state index < -0.39 is 0 Å². The molecule has 1 atom stereocenters. The lowest BCUT2D eigenvalue weighted by molar-refractivity contribution is -0.925. The minimum absolute atomic E-state index is 0.0157. The van der Waals surface area contributed by atoms with Gasteiger partial charge in [0.05, 0.1) is 24.7 Å². The molecule has 0 unspecified atom stereocenters. The average molecular weight is 422 g/mol. The highest BCUT2D eigenvalue weighted by Crippen LogP contribution is 2.30. The van der Waals surface area contributed by atoms with Crippen molar-refractivity contribution >= 4 is 10.9 Å². The van der Waals surface area contributed by atoms with Crippen LogP contribution >= 0.6 is 0 Å². The number of aryl methyl sites for hydroxylation is 1. The molecule has 1 aliphatic carbocycles. The number of quaternary nitrogens is 1. The van der Waals surface area contributed by atoms with E-state index in [9.17, 15) is 4.79 Å². The lowest BCUT2D eigenvalue weighted by atomic mass is 9.95. The highest BCUT2D eigenvalue weighted by molar-refractivity contribution is 5.79. The lowest BCUT2D eigenvalue weighted by Crippen LogP contribution is -3.12. The third-order valence-electron chi connectivity index (χ3n) is 7.19. The summed E-state index contributed by atoms with van der Waals surface area (Å²) < 4.78 is 2.06. The second-order valence-corrected chi connectivity index (χ2v) is 9.42. The van der Waals surface area contributed by atoms with Crippen LogP contribution in [-0.2, 0) is 0 Å². The van der Waals surface area contributed by atoms with Gasteiger partial charge in [0.15, 0.2) is 6.04 Å². The Balaban J connectivity index is 1.63. The summed E-state index contributed by atoms with van der Waals surface area (Å²) in [7, 11) is 0. The van der Waals surface area contributed by atoms with E-state index in [2.05, 4.69) is 43.4 Å². The Morgan fingerprint density at radius 1 is 1.03 bits per heavy atom. The molecule has 31 heavy (non-hydrogen) atoms. The number of benzene rings is 1. The van der Waals surface area contributed by atoms with Crippen molar-refractivity contribution in [2.45, 2.75) is 76.8 Å². The van der Waals surface area contributed by atoms with Gasteiger partial charge in [-0.25, -0.2) is 4.68 Å². The van der Waals surface area contributed by atoms with Crippen LogP contribution in [0.4, 0.5) is 0 Å². The molecule has 1 aliphatic heterocycles. The SMILES string of the molecule is Cc1ccc2cc([C@H](c3nnnn3C3CCCCC3)[NH+]3CCCCCC3)c(=O)[nH]c2c1. The third-order valence-corrected chi connectivity index (χ3v) is 7.19. The summed E-state index contributed by atoms with van der Waals surface area (Å²) >= 11 is 0. The van der Waals surface area contributed by atoms with Crippen molar-refractivity contribution in [1.29, 1.82) is 0 Å². The zero-order valence-corrected chi connectivity index (χ0v) is 18.4. The molecule has 1 saturated carbocycles. The van der Waals surface area contributed by atoms with Gasteiger partial charge in [-0.05, 0) is 79.0 Å². The lowest BCUT2D eigenvalue weighted by Gasteiger charge is -2.29. The highest BCUT2D eigenvalue weighted by atomic mass is 16.1. The van der Waals surface area contributed by atoms with Crippen molar-refractivity contribution in [2.24, 2.45) is 0 Å². The van der Waals surface area contributed by atoms with Gasteiger partial charge in [0.25, 0.3) is 5.56 Å². The van der Waals surface area contributed by atoms with Crippen LogP contribution in [0.1, 0.15) is 86.8 Å². The number of H-pyrrole nitrogens is 1. The zero-order chi connectivity index (χ0) is 21.2. The van der Waals surface area contributed by atoms with Gasteiger partial charge in [-0.2, -0.15) is 0 Å². The molecular formula is C24H33N6O+. The second kappa shape index (κ2) is 8.91. The van der Waals surface area contributed by atoms with E-state index in [1.54, 1.807) is 0 Å². The summed E-state index contributed by atoms with van der Waals surface area (Å²) in [5, 5.41) is 14.1. The number of pyridine rings is 1. The number of fused-ring (bicyclic) bond motifs is 1. The number of tetrazole rings is 1. The third kappa shape index (κ3) is 4.15. The molecule has 0 amide bonds. The van der Waals surface area contributed by atoms with Crippen LogP contribution in [0.15, 0.2) is 29.1 Å². The number of likely N-dealkylation sites (tertiary alicyclic amines) is 1. The van der Waals surface area contributed by atoms with Gasteiger partial charge in [0.1, 0.15) is 0 Å². The molecule has 2 N–H and O–H groups in total. The number of aromatic nitrogens is 5. The van der Waals surface area contributed by atoms with E-state index in [1.165, 1.54) is 49.8 Å². The van der Waals surface area contributed by atoms with Crippen LogP contribution in [0.2, 0.25) is 0 Å². The predicted molar refractivity (Wildman–Crippen MR) is 120 cm³/mol. The molecule has 1 aromatic carbocycles. The van der Waals surface area contributed by atoms with Crippen LogP contribution in [0.5, 0.6) is 0 Å². The zero-order valence-electron chi connectivity index (χ0n) is 18.4. The Morgan fingerprint density at radius 2 is 1.77 bits per heavy atom. The van der Waals surface area contributed by atoms with Gasteiger partial charge in [-0.15, -0.1) is 5.10 Å². The summed E-state index contributed by atoms with van der Waals surface area (Å²) in [4.78, 5) is 17.9. The van der Waals surface area contributed by atoms with Crippen LogP contribution in [-0.4, -0.2) is 38.3 Å². The van der Waals surface area contributed by atoms with Crippen molar-refractivity contribution in [3.8, 4) is 0 Å². The number of hydrogen-bond acceptors (Lipinski definition) is 4. The summed E-state index contributed by atoms with van der Waals surface area (Å²) in [6, 6.07) is 8.53. The number of rotatable bonds is 4. The normalized spacial score (nSPS) is 20.0. The smallest absolute Gasteiger partial charge is 0.258 e. The Morgan fingerprint density at radius 3 is 2.55 bits per heavy atom. The van der Waals surface area contributed by atoms with Gasteiger partial charge < -0.3 is 9.88 Å². The van der Waals surface area contributed by atoms with Crippen LogP contribution in [0.25, 0.3) is 10.9 Å². The molecule has 0 bridgehead atoms. The molecule has 2 aromatic heterocycles. The Labute approximate surface area is 182 Å². The number of hydrogen-bond donors (Lipinski definition) is 2. The van der Waals surface area contributed by atoms with E-state index in [0.29, 0.717) is 6.04 Å². The predicted octanol–water partition coefficient (Wildman–Crippen LogP) is 2.88.